The number of hydrogen-bond acceptors (Lipinski definition) is 4. The Morgan fingerprint density at radius 2 is 2.11 bits per heavy atom. The number of fused-ring (bicyclic) bond motifs is 1. The topological polar surface area (TPSA) is 30.2 Å². The first kappa shape index (κ1) is 11.7. The van der Waals surface area contributed by atoms with Gasteiger partial charge in [-0.25, -0.2) is 9.50 Å². The molecule has 0 aliphatic carbocycles. The Morgan fingerprint density at radius 1 is 1.28 bits per heavy atom. The van der Waals surface area contributed by atoms with E-state index in [0.717, 1.165) is 10.7 Å². The fourth-order valence-electron chi connectivity index (χ4n) is 1.80. The summed E-state index contributed by atoms with van der Waals surface area (Å²) in [5.74, 6) is 1.13. The average molecular weight is 275 g/mol. The number of thiazole rings is 1. The van der Waals surface area contributed by atoms with Crippen molar-refractivity contribution < 1.29 is 0 Å². The van der Waals surface area contributed by atoms with Crippen LogP contribution in [0.5, 0.6) is 0 Å². The van der Waals surface area contributed by atoms with E-state index in [2.05, 4.69) is 41.3 Å². The third-order valence-corrected chi connectivity index (χ3v) is 5.10. The monoisotopic (exact) mass is 275 g/mol. The van der Waals surface area contributed by atoms with E-state index in [1.165, 1.54) is 21.9 Å². The molecular weight excluding hydrogens is 262 g/mol. The van der Waals surface area contributed by atoms with Crippen LogP contribution in [0.15, 0.2) is 40.9 Å². The minimum atomic E-state index is 0.965. The number of aromatic nitrogens is 3. The van der Waals surface area contributed by atoms with Crippen molar-refractivity contribution in [3.05, 3.63) is 36.7 Å². The van der Waals surface area contributed by atoms with Crippen LogP contribution in [0.4, 0.5) is 0 Å². The van der Waals surface area contributed by atoms with Crippen LogP contribution in [0.1, 0.15) is 13.3 Å². The van der Waals surface area contributed by atoms with Crippen molar-refractivity contribution in [3.8, 4) is 11.3 Å². The summed E-state index contributed by atoms with van der Waals surface area (Å²) in [6, 6.07) is 10.4. The van der Waals surface area contributed by atoms with Crippen molar-refractivity contribution in [1.82, 2.24) is 14.6 Å². The lowest BCUT2D eigenvalue weighted by molar-refractivity contribution is 0.974. The number of rotatable bonds is 4. The fourth-order valence-corrected chi connectivity index (χ4v) is 4.03. The second kappa shape index (κ2) is 5.12. The first-order valence-corrected chi connectivity index (χ1v) is 7.71. The van der Waals surface area contributed by atoms with Gasteiger partial charge in [0.2, 0.25) is 4.96 Å². The standard InChI is InChI=1S/C13H13N3S2/c1-2-8-17-12-11(10-6-4-3-5-7-10)16-13(18-12)14-9-15-16/h3-7,9H,2,8H2,1H3. The molecule has 0 aliphatic heterocycles. The summed E-state index contributed by atoms with van der Waals surface area (Å²) in [6.07, 6.45) is 2.79. The number of nitrogens with zero attached hydrogens (tertiary/aromatic N) is 3. The smallest absolute Gasteiger partial charge is 0.206 e. The van der Waals surface area contributed by atoms with Gasteiger partial charge < -0.3 is 0 Å². The highest BCUT2D eigenvalue weighted by Crippen LogP contribution is 2.37. The fraction of sp³-hybridized carbons (Fsp3) is 0.231. The molecule has 2 heterocycles. The molecule has 92 valence electrons. The summed E-state index contributed by atoms with van der Waals surface area (Å²) in [5, 5.41) is 4.33. The highest BCUT2D eigenvalue weighted by Gasteiger charge is 2.15. The van der Waals surface area contributed by atoms with Crippen molar-refractivity contribution in [2.75, 3.05) is 5.75 Å². The first-order chi connectivity index (χ1) is 8.90. The van der Waals surface area contributed by atoms with Gasteiger partial charge in [0.1, 0.15) is 6.33 Å². The van der Waals surface area contributed by atoms with E-state index in [1.54, 1.807) is 17.7 Å². The molecule has 0 unspecified atom stereocenters. The van der Waals surface area contributed by atoms with Gasteiger partial charge in [0.05, 0.1) is 9.90 Å². The summed E-state index contributed by atoms with van der Waals surface area (Å²) < 4.78 is 3.25. The van der Waals surface area contributed by atoms with Crippen molar-refractivity contribution in [3.63, 3.8) is 0 Å². The second-order valence-corrected chi connectivity index (χ2v) is 6.25. The molecule has 0 spiro atoms. The van der Waals surface area contributed by atoms with Gasteiger partial charge in [-0.1, -0.05) is 48.6 Å². The van der Waals surface area contributed by atoms with Crippen molar-refractivity contribution in [2.24, 2.45) is 0 Å². The SMILES string of the molecule is CCCSc1sc2ncnn2c1-c1ccccc1. The Bertz CT molecular complexity index is 643. The highest BCUT2D eigenvalue weighted by atomic mass is 32.2. The van der Waals surface area contributed by atoms with Crippen LogP contribution >= 0.6 is 23.1 Å². The highest BCUT2D eigenvalue weighted by molar-refractivity contribution is 8.01. The van der Waals surface area contributed by atoms with E-state index < -0.39 is 0 Å². The van der Waals surface area contributed by atoms with Crippen molar-refractivity contribution in [2.45, 2.75) is 17.6 Å². The molecule has 0 bridgehead atoms. The lowest BCUT2D eigenvalue weighted by atomic mass is 10.2. The van der Waals surface area contributed by atoms with E-state index in [4.69, 9.17) is 0 Å². The zero-order valence-corrected chi connectivity index (χ0v) is 11.7. The second-order valence-electron chi connectivity index (χ2n) is 3.91. The van der Waals surface area contributed by atoms with Gasteiger partial charge in [0.15, 0.2) is 0 Å². The zero-order valence-electron chi connectivity index (χ0n) is 10.0. The van der Waals surface area contributed by atoms with Crippen LogP contribution in [0, 0.1) is 0 Å². The van der Waals surface area contributed by atoms with Crippen LogP contribution in [-0.4, -0.2) is 20.4 Å². The van der Waals surface area contributed by atoms with Crippen LogP contribution in [0.2, 0.25) is 0 Å². The van der Waals surface area contributed by atoms with Crippen LogP contribution in [0.25, 0.3) is 16.2 Å². The van der Waals surface area contributed by atoms with Crippen LogP contribution in [0.3, 0.4) is 0 Å². The molecule has 2 aromatic heterocycles. The van der Waals surface area contributed by atoms with Gasteiger partial charge in [0.25, 0.3) is 0 Å². The van der Waals surface area contributed by atoms with E-state index in [0.29, 0.717) is 0 Å². The van der Waals surface area contributed by atoms with Gasteiger partial charge in [0, 0.05) is 5.56 Å². The van der Waals surface area contributed by atoms with Crippen molar-refractivity contribution >= 4 is 28.1 Å². The number of benzene rings is 1. The van der Waals surface area contributed by atoms with Gasteiger partial charge in [-0.05, 0) is 12.2 Å². The Balaban J connectivity index is 2.14. The van der Waals surface area contributed by atoms with Gasteiger partial charge >= 0.3 is 0 Å². The molecule has 0 atom stereocenters. The largest absolute Gasteiger partial charge is 0.213 e. The predicted molar refractivity (Wildman–Crippen MR) is 77.3 cm³/mol. The molecule has 1 aromatic carbocycles. The Kier molecular flexibility index (Phi) is 3.34. The lowest BCUT2D eigenvalue weighted by Crippen LogP contribution is -1.89. The molecule has 0 aliphatic rings. The lowest BCUT2D eigenvalue weighted by Gasteiger charge is -2.03. The molecule has 3 aromatic rings. The molecule has 0 radical (unpaired) electrons. The maximum absolute atomic E-state index is 4.33. The maximum atomic E-state index is 4.33. The van der Waals surface area contributed by atoms with E-state index in [9.17, 15) is 0 Å². The molecular formula is C13H13N3S2. The summed E-state index contributed by atoms with van der Waals surface area (Å²) in [5.41, 5.74) is 2.37. The maximum Gasteiger partial charge on any atom is 0.213 e. The molecule has 0 saturated heterocycles. The van der Waals surface area contributed by atoms with Gasteiger partial charge in [-0.15, -0.1) is 11.8 Å². The third kappa shape index (κ3) is 2.04. The summed E-state index contributed by atoms with van der Waals surface area (Å²) in [7, 11) is 0. The molecule has 3 nitrogen and oxygen atoms in total. The average Bonchev–Trinajstić information content (AvgIpc) is 2.97. The molecule has 18 heavy (non-hydrogen) atoms. The normalized spacial score (nSPS) is 11.2. The zero-order chi connectivity index (χ0) is 12.4. The van der Waals surface area contributed by atoms with E-state index in [-0.39, 0.29) is 0 Å². The van der Waals surface area contributed by atoms with Crippen LogP contribution < -0.4 is 0 Å². The minimum Gasteiger partial charge on any atom is -0.206 e. The summed E-state index contributed by atoms with van der Waals surface area (Å²) in [4.78, 5) is 5.26. The van der Waals surface area contributed by atoms with Gasteiger partial charge in [-0.3, -0.25) is 0 Å². The molecule has 0 fully saturated rings. The quantitative estimate of drug-likeness (QED) is 0.675. The molecule has 0 N–H and O–H groups in total. The molecule has 0 amide bonds. The Morgan fingerprint density at radius 3 is 2.89 bits per heavy atom. The molecule has 5 heteroatoms. The first-order valence-electron chi connectivity index (χ1n) is 5.91. The van der Waals surface area contributed by atoms with Gasteiger partial charge in [-0.2, -0.15) is 5.10 Å². The minimum absolute atomic E-state index is 0.965. The summed E-state index contributed by atoms with van der Waals surface area (Å²) in [6.45, 7) is 2.20. The van der Waals surface area contributed by atoms with E-state index >= 15 is 0 Å². The Hall–Kier alpha value is -1.33. The predicted octanol–water partition coefficient (Wildman–Crippen LogP) is 3.96. The number of hydrogen-bond donors (Lipinski definition) is 0. The van der Waals surface area contributed by atoms with Crippen molar-refractivity contribution in [1.29, 1.82) is 0 Å². The van der Waals surface area contributed by atoms with Crippen LogP contribution in [-0.2, 0) is 0 Å². The third-order valence-electron chi connectivity index (χ3n) is 2.59. The summed E-state index contributed by atoms with van der Waals surface area (Å²) >= 11 is 3.61. The molecule has 3 rings (SSSR count). The molecule has 0 saturated carbocycles. The van der Waals surface area contributed by atoms with E-state index in [1.807, 2.05) is 22.3 Å². The Labute approximate surface area is 114 Å². The number of thioether (sulfide) groups is 1.